The lowest BCUT2D eigenvalue weighted by Gasteiger charge is -2.60. The van der Waals surface area contributed by atoms with Gasteiger partial charge in [-0.3, -0.25) is 0 Å². The van der Waals surface area contributed by atoms with Crippen molar-refractivity contribution in [2.45, 2.75) is 77.2 Å². The van der Waals surface area contributed by atoms with Gasteiger partial charge in [-0.15, -0.1) is 0 Å². The summed E-state index contributed by atoms with van der Waals surface area (Å²) in [5.41, 5.74) is -0.389. The molecule has 0 amide bonds. The molecule has 5 rings (SSSR count). The third-order valence-electron chi connectivity index (χ3n) is 6.49. The van der Waals surface area contributed by atoms with Gasteiger partial charge in [0.05, 0.1) is 6.10 Å². The van der Waals surface area contributed by atoms with Gasteiger partial charge in [-0.2, -0.15) is 0 Å². The molecule has 1 aliphatic carbocycles. The van der Waals surface area contributed by atoms with E-state index in [0.29, 0.717) is 23.7 Å². The van der Waals surface area contributed by atoms with Crippen molar-refractivity contribution in [3.63, 3.8) is 0 Å². The zero-order valence-corrected chi connectivity index (χ0v) is 12.9. The van der Waals surface area contributed by atoms with Gasteiger partial charge in [0, 0.05) is 12.3 Å². The van der Waals surface area contributed by atoms with Crippen LogP contribution in [0.4, 0.5) is 0 Å². The SMILES string of the molecule is CC1O[C@@H]2O[C@]3(C)CC[C@H]4[C@H](C)CC[C@@H]([C@H]1C)[C@@]24OO3. The molecule has 8 atom stereocenters. The van der Waals surface area contributed by atoms with Gasteiger partial charge in [-0.1, -0.05) is 13.8 Å². The molecule has 4 aliphatic heterocycles. The van der Waals surface area contributed by atoms with E-state index in [0.717, 1.165) is 12.8 Å². The summed E-state index contributed by atoms with van der Waals surface area (Å²) in [6.07, 6.45) is 4.41. The average molecular weight is 282 g/mol. The van der Waals surface area contributed by atoms with Crippen LogP contribution in [0.3, 0.4) is 0 Å². The molecule has 4 heteroatoms. The van der Waals surface area contributed by atoms with Crippen LogP contribution in [-0.4, -0.2) is 23.8 Å². The highest BCUT2D eigenvalue weighted by Crippen LogP contribution is 2.60. The van der Waals surface area contributed by atoms with Crippen molar-refractivity contribution in [3.05, 3.63) is 0 Å². The Hall–Kier alpha value is -0.160. The second-order valence-electron chi connectivity index (χ2n) is 7.61. The Labute approximate surface area is 121 Å². The first kappa shape index (κ1) is 13.5. The van der Waals surface area contributed by atoms with Crippen molar-refractivity contribution in [2.75, 3.05) is 0 Å². The minimum absolute atomic E-state index is 0.219. The van der Waals surface area contributed by atoms with Crippen LogP contribution in [0.15, 0.2) is 0 Å². The third kappa shape index (κ3) is 1.57. The van der Waals surface area contributed by atoms with E-state index in [4.69, 9.17) is 19.2 Å². The lowest BCUT2D eigenvalue weighted by atomic mass is 9.57. The van der Waals surface area contributed by atoms with E-state index < -0.39 is 5.79 Å². The molecule has 20 heavy (non-hydrogen) atoms. The standard InChI is InChI=1S/C16H26O4/c1-9-5-6-13-10(2)11(3)17-14-16(13)12(9)7-8-15(4,18-14)19-20-16/h9-14H,5-8H2,1-4H3/t9-,10+,11?,12+,13+,14-,15+,16-/m1/s1. The summed E-state index contributed by atoms with van der Waals surface area (Å²) in [6, 6.07) is 0. The van der Waals surface area contributed by atoms with E-state index in [1.807, 2.05) is 6.92 Å². The van der Waals surface area contributed by atoms with Crippen molar-refractivity contribution < 1.29 is 19.2 Å². The Bertz CT molecular complexity index is 409. The molecule has 1 spiro atoms. The Morgan fingerprint density at radius 1 is 0.950 bits per heavy atom. The number of fused-ring (bicyclic) bond motifs is 2. The molecule has 4 heterocycles. The van der Waals surface area contributed by atoms with E-state index >= 15 is 0 Å². The van der Waals surface area contributed by atoms with Crippen molar-refractivity contribution >= 4 is 0 Å². The quantitative estimate of drug-likeness (QED) is 0.639. The molecule has 4 nitrogen and oxygen atoms in total. The van der Waals surface area contributed by atoms with Gasteiger partial charge in [0.1, 0.15) is 0 Å². The van der Waals surface area contributed by atoms with Crippen LogP contribution in [0.1, 0.15) is 53.4 Å². The van der Waals surface area contributed by atoms with Crippen LogP contribution >= 0.6 is 0 Å². The number of ether oxygens (including phenoxy) is 2. The Balaban J connectivity index is 1.82. The van der Waals surface area contributed by atoms with Crippen molar-refractivity contribution in [3.8, 4) is 0 Å². The molecule has 4 saturated heterocycles. The Morgan fingerprint density at radius 2 is 1.75 bits per heavy atom. The second-order valence-corrected chi connectivity index (χ2v) is 7.61. The molecule has 0 aromatic carbocycles. The fraction of sp³-hybridized carbons (Fsp3) is 1.00. The van der Waals surface area contributed by atoms with Crippen molar-refractivity contribution in [1.29, 1.82) is 0 Å². The van der Waals surface area contributed by atoms with E-state index in [9.17, 15) is 0 Å². The van der Waals surface area contributed by atoms with Gasteiger partial charge in [-0.25, -0.2) is 9.78 Å². The fourth-order valence-electron chi connectivity index (χ4n) is 5.08. The number of hydrogen-bond donors (Lipinski definition) is 0. The first-order chi connectivity index (χ1) is 9.46. The molecular weight excluding hydrogens is 256 g/mol. The van der Waals surface area contributed by atoms with Crippen LogP contribution in [0.5, 0.6) is 0 Å². The highest BCUT2D eigenvalue weighted by atomic mass is 17.3. The first-order valence-corrected chi connectivity index (χ1v) is 8.16. The highest BCUT2D eigenvalue weighted by molar-refractivity contribution is 5.09. The Kier molecular flexibility index (Phi) is 2.83. The van der Waals surface area contributed by atoms with Crippen LogP contribution < -0.4 is 0 Å². The fourth-order valence-corrected chi connectivity index (χ4v) is 5.08. The number of rotatable bonds is 0. The van der Waals surface area contributed by atoms with Gasteiger partial charge in [0.25, 0.3) is 0 Å². The van der Waals surface area contributed by atoms with Gasteiger partial charge < -0.3 is 9.47 Å². The maximum Gasteiger partial charge on any atom is 0.201 e. The summed E-state index contributed by atoms with van der Waals surface area (Å²) in [4.78, 5) is 11.8. The van der Waals surface area contributed by atoms with Crippen LogP contribution in [0.2, 0.25) is 0 Å². The molecule has 1 unspecified atom stereocenters. The maximum absolute atomic E-state index is 6.23. The first-order valence-electron chi connectivity index (χ1n) is 8.16. The topological polar surface area (TPSA) is 36.9 Å². The zero-order valence-electron chi connectivity index (χ0n) is 12.9. The van der Waals surface area contributed by atoms with Crippen LogP contribution in [0, 0.1) is 23.7 Å². The lowest BCUT2D eigenvalue weighted by molar-refractivity contribution is -0.570. The summed E-state index contributed by atoms with van der Waals surface area (Å²) in [6.45, 7) is 8.77. The number of hydrogen-bond acceptors (Lipinski definition) is 4. The van der Waals surface area contributed by atoms with Gasteiger partial charge in [-0.05, 0) is 50.9 Å². The zero-order chi connectivity index (χ0) is 14.1. The van der Waals surface area contributed by atoms with Gasteiger partial charge >= 0.3 is 0 Å². The molecule has 114 valence electrons. The molecule has 0 N–H and O–H groups in total. The van der Waals surface area contributed by atoms with Gasteiger partial charge in [0.15, 0.2) is 11.9 Å². The van der Waals surface area contributed by atoms with Crippen molar-refractivity contribution in [2.24, 2.45) is 23.7 Å². The third-order valence-corrected chi connectivity index (χ3v) is 6.49. The van der Waals surface area contributed by atoms with Crippen molar-refractivity contribution in [1.82, 2.24) is 0 Å². The second kappa shape index (κ2) is 4.19. The van der Waals surface area contributed by atoms with E-state index in [2.05, 4.69) is 20.8 Å². The molecule has 2 bridgehead atoms. The molecule has 0 aromatic heterocycles. The predicted molar refractivity (Wildman–Crippen MR) is 72.5 cm³/mol. The molecule has 1 saturated carbocycles. The molecule has 5 fully saturated rings. The minimum Gasteiger partial charge on any atom is -0.346 e. The average Bonchev–Trinajstić information content (AvgIpc) is 2.63. The van der Waals surface area contributed by atoms with Gasteiger partial charge in [0.2, 0.25) is 5.79 Å². The highest BCUT2D eigenvalue weighted by Gasteiger charge is 2.68. The molecule has 5 aliphatic rings. The monoisotopic (exact) mass is 282 g/mol. The predicted octanol–water partition coefficient (Wildman–Crippen LogP) is 3.26. The summed E-state index contributed by atoms with van der Waals surface area (Å²) in [7, 11) is 0. The summed E-state index contributed by atoms with van der Waals surface area (Å²) < 4.78 is 12.5. The van der Waals surface area contributed by atoms with E-state index in [1.54, 1.807) is 0 Å². The summed E-state index contributed by atoms with van der Waals surface area (Å²) in [5, 5.41) is 0. The molecular formula is C16H26O4. The van der Waals surface area contributed by atoms with Crippen LogP contribution in [0.25, 0.3) is 0 Å². The summed E-state index contributed by atoms with van der Waals surface area (Å²) in [5.74, 6) is 1.44. The lowest BCUT2D eigenvalue weighted by Crippen LogP contribution is -2.70. The maximum atomic E-state index is 6.23. The smallest absolute Gasteiger partial charge is 0.201 e. The largest absolute Gasteiger partial charge is 0.346 e. The molecule has 0 radical (unpaired) electrons. The minimum atomic E-state index is -0.641. The molecule has 0 aromatic rings. The van der Waals surface area contributed by atoms with E-state index in [-0.39, 0.29) is 18.0 Å². The van der Waals surface area contributed by atoms with Crippen LogP contribution in [-0.2, 0) is 19.2 Å². The van der Waals surface area contributed by atoms with E-state index in [1.165, 1.54) is 12.8 Å². The summed E-state index contributed by atoms with van der Waals surface area (Å²) >= 11 is 0. The normalized spacial score (nSPS) is 61.8. The Morgan fingerprint density at radius 3 is 2.55 bits per heavy atom.